The summed E-state index contributed by atoms with van der Waals surface area (Å²) in [4.78, 5) is 2.40. The average molecular weight is 668 g/mol. The molecule has 0 radical (unpaired) electrons. The molecular formula is C49H33NO2. The molecule has 2 heterocycles. The quantitative estimate of drug-likeness (QED) is 0.187. The summed E-state index contributed by atoms with van der Waals surface area (Å²) in [5.41, 5.74) is 14.1. The summed E-state index contributed by atoms with van der Waals surface area (Å²) in [5.74, 6) is 0. The van der Waals surface area contributed by atoms with Gasteiger partial charge in [-0.25, -0.2) is 0 Å². The number of para-hydroxylation sites is 2. The Morgan fingerprint density at radius 2 is 1.13 bits per heavy atom. The molecular weight excluding hydrogens is 635 g/mol. The van der Waals surface area contributed by atoms with Gasteiger partial charge in [-0.3, -0.25) is 0 Å². The van der Waals surface area contributed by atoms with Gasteiger partial charge in [-0.2, -0.15) is 0 Å². The third-order valence-electron chi connectivity index (χ3n) is 11.2. The highest BCUT2D eigenvalue weighted by molar-refractivity contribution is 6.27. The summed E-state index contributed by atoms with van der Waals surface area (Å²) >= 11 is 0. The first-order chi connectivity index (χ1) is 25.5. The van der Waals surface area contributed by atoms with Crippen molar-refractivity contribution >= 4 is 71.7 Å². The molecule has 1 aliphatic rings. The number of benzene rings is 8. The van der Waals surface area contributed by atoms with Crippen LogP contribution in [0.3, 0.4) is 0 Å². The average Bonchev–Trinajstić information content (AvgIpc) is 3.82. The number of fused-ring (bicyclic) bond motifs is 11. The minimum absolute atomic E-state index is 0.126. The van der Waals surface area contributed by atoms with Gasteiger partial charge >= 0.3 is 0 Å². The number of hydrogen-bond donors (Lipinski definition) is 0. The molecule has 0 unspecified atom stereocenters. The normalized spacial score (nSPS) is 13.3. The van der Waals surface area contributed by atoms with Crippen molar-refractivity contribution < 1.29 is 8.83 Å². The first-order valence-electron chi connectivity index (χ1n) is 17.9. The van der Waals surface area contributed by atoms with E-state index < -0.39 is 0 Å². The zero-order valence-electron chi connectivity index (χ0n) is 28.9. The Bertz CT molecular complexity index is 3050. The third-order valence-corrected chi connectivity index (χ3v) is 11.2. The second-order valence-corrected chi connectivity index (χ2v) is 14.5. The van der Waals surface area contributed by atoms with Crippen molar-refractivity contribution in [3.63, 3.8) is 0 Å². The van der Waals surface area contributed by atoms with Gasteiger partial charge in [0, 0.05) is 49.6 Å². The van der Waals surface area contributed by atoms with E-state index in [0.717, 1.165) is 72.1 Å². The Morgan fingerprint density at radius 1 is 0.423 bits per heavy atom. The van der Waals surface area contributed by atoms with Crippen LogP contribution in [-0.4, -0.2) is 0 Å². The van der Waals surface area contributed by atoms with Gasteiger partial charge in [0.05, 0.1) is 0 Å². The summed E-state index contributed by atoms with van der Waals surface area (Å²) in [6.07, 6.45) is 0. The second kappa shape index (κ2) is 10.7. The van der Waals surface area contributed by atoms with E-state index in [4.69, 9.17) is 8.83 Å². The van der Waals surface area contributed by atoms with Crippen LogP contribution in [0.5, 0.6) is 0 Å². The molecule has 3 nitrogen and oxygen atoms in total. The Balaban J connectivity index is 1.23. The summed E-state index contributed by atoms with van der Waals surface area (Å²) in [6, 6.07) is 58.8. The van der Waals surface area contributed by atoms with Gasteiger partial charge in [-0.1, -0.05) is 117 Å². The number of anilines is 3. The highest BCUT2D eigenvalue weighted by Gasteiger charge is 2.36. The van der Waals surface area contributed by atoms with E-state index in [0.29, 0.717) is 0 Å². The fourth-order valence-corrected chi connectivity index (χ4v) is 8.73. The molecule has 1 aliphatic carbocycles. The van der Waals surface area contributed by atoms with Gasteiger partial charge in [0.2, 0.25) is 0 Å². The lowest BCUT2D eigenvalue weighted by Gasteiger charge is -2.28. The largest absolute Gasteiger partial charge is 0.456 e. The van der Waals surface area contributed by atoms with Crippen LogP contribution < -0.4 is 4.90 Å². The zero-order valence-corrected chi connectivity index (χ0v) is 28.9. The van der Waals surface area contributed by atoms with Crippen LogP contribution in [-0.2, 0) is 5.41 Å². The highest BCUT2D eigenvalue weighted by Crippen LogP contribution is 2.52. The van der Waals surface area contributed by atoms with Gasteiger partial charge in [0.1, 0.15) is 22.3 Å². The van der Waals surface area contributed by atoms with Crippen LogP contribution in [0.2, 0.25) is 0 Å². The molecule has 3 heteroatoms. The van der Waals surface area contributed by atoms with E-state index in [1.807, 2.05) is 18.2 Å². The van der Waals surface area contributed by atoms with E-state index in [1.54, 1.807) is 0 Å². The molecule has 10 aromatic rings. The van der Waals surface area contributed by atoms with Crippen molar-refractivity contribution in [3.05, 3.63) is 175 Å². The number of furan rings is 2. The minimum atomic E-state index is -0.126. The molecule has 11 rings (SSSR count). The third kappa shape index (κ3) is 4.14. The van der Waals surface area contributed by atoms with E-state index in [2.05, 4.69) is 164 Å². The van der Waals surface area contributed by atoms with Crippen LogP contribution in [0.4, 0.5) is 17.1 Å². The van der Waals surface area contributed by atoms with Crippen LogP contribution >= 0.6 is 0 Å². The summed E-state index contributed by atoms with van der Waals surface area (Å²) in [7, 11) is 0. The molecule has 0 atom stereocenters. The van der Waals surface area contributed by atoms with Crippen molar-refractivity contribution in [1.29, 1.82) is 0 Å². The zero-order chi connectivity index (χ0) is 34.6. The highest BCUT2D eigenvalue weighted by atomic mass is 16.3. The standard InChI is InChI=1S/C49H33NO2/c1-49(2)41-18-10-8-16-36(41)37-23-22-34(29-42(37)49)50(33-14-4-3-5-15-33)35-27-39(32-21-20-30-12-6-7-13-31(30)26-32)48-40(28-35)47-45(52-48)25-24-44-46(47)38-17-9-11-19-43(38)51-44/h3-29H,1-2H3. The number of nitrogens with zero attached hydrogens (tertiary/aromatic N) is 1. The molecule has 0 saturated heterocycles. The number of hydrogen-bond acceptors (Lipinski definition) is 3. The summed E-state index contributed by atoms with van der Waals surface area (Å²) in [5, 5.41) is 6.70. The predicted octanol–water partition coefficient (Wildman–Crippen LogP) is 14.1. The molecule has 0 N–H and O–H groups in total. The van der Waals surface area contributed by atoms with E-state index in [1.165, 1.54) is 33.0 Å². The maximum atomic E-state index is 6.89. The minimum Gasteiger partial charge on any atom is -0.456 e. The van der Waals surface area contributed by atoms with Gasteiger partial charge in [0.25, 0.3) is 0 Å². The Hall–Kier alpha value is -6.58. The first-order valence-corrected chi connectivity index (χ1v) is 17.9. The molecule has 246 valence electrons. The lowest BCUT2D eigenvalue weighted by atomic mass is 9.82. The summed E-state index contributed by atoms with van der Waals surface area (Å²) < 4.78 is 13.3. The molecule has 0 fully saturated rings. The lowest BCUT2D eigenvalue weighted by molar-refractivity contribution is 0.660. The monoisotopic (exact) mass is 667 g/mol. The SMILES string of the molecule is CC1(C)c2ccccc2-c2ccc(N(c3ccccc3)c3cc(-c4ccc5ccccc5c4)c4oc5ccc6oc7ccccc7c6c5c4c3)cc21. The fourth-order valence-electron chi connectivity index (χ4n) is 8.73. The Morgan fingerprint density at radius 3 is 2.02 bits per heavy atom. The topological polar surface area (TPSA) is 29.5 Å². The van der Waals surface area contributed by atoms with Crippen LogP contribution in [0, 0.1) is 0 Å². The smallest absolute Gasteiger partial charge is 0.143 e. The molecule has 0 saturated carbocycles. The van der Waals surface area contributed by atoms with Crippen LogP contribution in [0.25, 0.3) is 76.9 Å². The Kier molecular flexibility index (Phi) is 6.01. The molecule has 0 amide bonds. The maximum Gasteiger partial charge on any atom is 0.143 e. The fraction of sp³-hybridized carbons (Fsp3) is 0.0612. The second-order valence-electron chi connectivity index (χ2n) is 14.5. The van der Waals surface area contributed by atoms with E-state index in [9.17, 15) is 0 Å². The molecule has 2 aromatic heterocycles. The van der Waals surface area contributed by atoms with Crippen molar-refractivity contribution in [2.24, 2.45) is 0 Å². The maximum absolute atomic E-state index is 6.89. The molecule has 0 bridgehead atoms. The van der Waals surface area contributed by atoms with Crippen molar-refractivity contribution in [2.45, 2.75) is 19.3 Å². The predicted molar refractivity (Wildman–Crippen MR) is 216 cm³/mol. The summed E-state index contributed by atoms with van der Waals surface area (Å²) in [6.45, 7) is 4.69. The van der Waals surface area contributed by atoms with Crippen molar-refractivity contribution in [2.75, 3.05) is 4.90 Å². The Labute approximate surface area is 301 Å². The molecule has 52 heavy (non-hydrogen) atoms. The van der Waals surface area contributed by atoms with E-state index in [-0.39, 0.29) is 5.41 Å². The first kappa shape index (κ1) is 29.2. The van der Waals surface area contributed by atoms with Crippen LogP contribution in [0.15, 0.2) is 173 Å². The van der Waals surface area contributed by atoms with Gasteiger partial charge < -0.3 is 13.7 Å². The molecule has 8 aromatic carbocycles. The van der Waals surface area contributed by atoms with Gasteiger partial charge in [-0.15, -0.1) is 0 Å². The lowest BCUT2D eigenvalue weighted by Crippen LogP contribution is -2.16. The van der Waals surface area contributed by atoms with Gasteiger partial charge in [0.15, 0.2) is 0 Å². The van der Waals surface area contributed by atoms with Crippen molar-refractivity contribution in [1.82, 2.24) is 0 Å². The molecule has 0 spiro atoms. The van der Waals surface area contributed by atoms with Gasteiger partial charge in [-0.05, 0) is 99.3 Å². The van der Waals surface area contributed by atoms with Crippen molar-refractivity contribution in [3.8, 4) is 22.3 Å². The van der Waals surface area contributed by atoms with E-state index >= 15 is 0 Å². The molecule has 0 aliphatic heterocycles. The van der Waals surface area contributed by atoms with Crippen LogP contribution in [0.1, 0.15) is 25.0 Å². The number of rotatable bonds is 4.